The standard InChI is InChI=1S/C10H16O4/c1-10(5-3-2-4-6-10)14-9(13)7-8(11)12/h2-7H2,1H3,(H,11,12). The van der Waals surface area contributed by atoms with Crippen LogP contribution >= 0.6 is 0 Å². The molecule has 1 rings (SSSR count). The molecule has 0 radical (unpaired) electrons. The number of hydrogen-bond acceptors (Lipinski definition) is 3. The van der Waals surface area contributed by atoms with Crippen LogP contribution in [0.15, 0.2) is 0 Å². The zero-order valence-electron chi connectivity index (χ0n) is 8.41. The lowest BCUT2D eigenvalue weighted by Crippen LogP contribution is -2.34. The van der Waals surface area contributed by atoms with Gasteiger partial charge in [-0.1, -0.05) is 6.42 Å². The summed E-state index contributed by atoms with van der Waals surface area (Å²) in [5.41, 5.74) is -0.426. The van der Waals surface area contributed by atoms with Crippen LogP contribution in [0, 0.1) is 0 Å². The fourth-order valence-corrected chi connectivity index (χ4v) is 1.84. The van der Waals surface area contributed by atoms with Crippen LogP contribution in [-0.4, -0.2) is 22.6 Å². The van der Waals surface area contributed by atoms with Crippen molar-refractivity contribution in [2.24, 2.45) is 0 Å². The zero-order valence-corrected chi connectivity index (χ0v) is 8.41. The first-order chi connectivity index (χ1) is 6.52. The van der Waals surface area contributed by atoms with Gasteiger partial charge in [0, 0.05) is 0 Å². The van der Waals surface area contributed by atoms with E-state index in [9.17, 15) is 9.59 Å². The Balaban J connectivity index is 2.41. The summed E-state index contributed by atoms with van der Waals surface area (Å²) >= 11 is 0. The first-order valence-corrected chi connectivity index (χ1v) is 4.95. The van der Waals surface area contributed by atoms with Crippen LogP contribution < -0.4 is 0 Å². The van der Waals surface area contributed by atoms with E-state index >= 15 is 0 Å². The molecule has 1 fully saturated rings. The van der Waals surface area contributed by atoms with Crippen LogP contribution in [0.4, 0.5) is 0 Å². The summed E-state index contributed by atoms with van der Waals surface area (Å²) in [6.07, 6.45) is 4.44. The molecule has 80 valence electrons. The molecule has 0 amide bonds. The lowest BCUT2D eigenvalue weighted by Gasteiger charge is -2.32. The van der Waals surface area contributed by atoms with E-state index in [2.05, 4.69) is 0 Å². The van der Waals surface area contributed by atoms with Crippen LogP contribution in [-0.2, 0) is 14.3 Å². The van der Waals surface area contributed by atoms with Crippen LogP contribution in [0.1, 0.15) is 45.4 Å². The van der Waals surface area contributed by atoms with Crippen molar-refractivity contribution in [3.8, 4) is 0 Å². The maximum atomic E-state index is 11.1. The topological polar surface area (TPSA) is 63.6 Å². The Kier molecular flexibility index (Phi) is 3.49. The molecule has 0 atom stereocenters. The lowest BCUT2D eigenvalue weighted by molar-refractivity contribution is -0.164. The van der Waals surface area contributed by atoms with Gasteiger partial charge in [-0.25, -0.2) is 0 Å². The average molecular weight is 200 g/mol. The number of carboxylic acids is 1. The van der Waals surface area contributed by atoms with Crippen LogP contribution in [0.3, 0.4) is 0 Å². The quantitative estimate of drug-likeness (QED) is 0.556. The van der Waals surface area contributed by atoms with Gasteiger partial charge in [0.25, 0.3) is 0 Å². The highest BCUT2D eigenvalue weighted by atomic mass is 16.6. The van der Waals surface area contributed by atoms with Crippen LogP contribution in [0.2, 0.25) is 0 Å². The number of carbonyl (C=O) groups excluding carboxylic acids is 1. The Labute approximate surface area is 83.2 Å². The van der Waals surface area contributed by atoms with Gasteiger partial charge in [0.1, 0.15) is 12.0 Å². The minimum absolute atomic E-state index is 0.426. The van der Waals surface area contributed by atoms with Gasteiger partial charge >= 0.3 is 11.9 Å². The summed E-state index contributed by atoms with van der Waals surface area (Å²) < 4.78 is 5.17. The van der Waals surface area contributed by atoms with E-state index in [1.54, 1.807) is 0 Å². The van der Waals surface area contributed by atoms with Crippen molar-refractivity contribution < 1.29 is 19.4 Å². The second-order valence-electron chi connectivity index (χ2n) is 4.06. The SMILES string of the molecule is CC1(OC(=O)CC(=O)O)CCCCC1. The van der Waals surface area contributed by atoms with Crippen LogP contribution in [0.5, 0.6) is 0 Å². The first kappa shape index (κ1) is 11.0. The van der Waals surface area contributed by atoms with E-state index in [0.717, 1.165) is 25.7 Å². The monoisotopic (exact) mass is 200 g/mol. The molecular formula is C10H16O4. The molecule has 0 aliphatic heterocycles. The van der Waals surface area contributed by atoms with Gasteiger partial charge in [0.2, 0.25) is 0 Å². The van der Waals surface area contributed by atoms with Gasteiger partial charge in [-0.15, -0.1) is 0 Å². The first-order valence-electron chi connectivity index (χ1n) is 4.95. The smallest absolute Gasteiger partial charge is 0.317 e. The molecule has 1 aliphatic carbocycles. The normalized spacial score (nSPS) is 20.1. The Morgan fingerprint density at radius 1 is 1.29 bits per heavy atom. The second-order valence-corrected chi connectivity index (χ2v) is 4.06. The third-order valence-electron chi connectivity index (χ3n) is 2.57. The van der Waals surface area contributed by atoms with E-state index in [4.69, 9.17) is 9.84 Å². The van der Waals surface area contributed by atoms with Gasteiger partial charge < -0.3 is 9.84 Å². The van der Waals surface area contributed by atoms with Crippen molar-refractivity contribution in [1.82, 2.24) is 0 Å². The molecule has 4 nitrogen and oxygen atoms in total. The predicted molar refractivity (Wildman–Crippen MR) is 49.8 cm³/mol. The highest BCUT2D eigenvalue weighted by Gasteiger charge is 2.31. The fraction of sp³-hybridized carbons (Fsp3) is 0.800. The Bertz CT molecular complexity index is 228. The number of hydrogen-bond donors (Lipinski definition) is 1. The molecule has 0 spiro atoms. The highest BCUT2D eigenvalue weighted by Crippen LogP contribution is 2.31. The van der Waals surface area contributed by atoms with E-state index < -0.39 is 24.0 Å². The van der Waals surface area contributed by atoms with Gasteiger partial charge in [0.05, 0.1) is 0 Å². The molecule has 1 N–H and O–H groups in total. The number of carbonyl (C=O) groups is 2. The highest BCUT2D eigenvalue weighted by molar-refractivity contribution is 5.90. The lowest BCUT2D eigenvalue weighted by atomic mass is 9.86. The molecule has 0 saturated heterocycles. The zero-order chi connectivity index (χ0) is 10.6. The Morgan fingerprint density at radius 3 is 2.36 bits per heavy atom. The van der Waals surface area contributed by atoms with Crippen molar-refractivity contribution in [1.29, 1.82) is 0 Å². The summed E-state index contributed by atoms with van der Waals surface area (Å²) in [6.45, 7) is 1.88. The minimum atomic E-state index is -1.13. The summed E-state index contributed by atoms with van der Waals surface area (Å²) in [5, 5.41) is 8.40. The molecule has 1 saturated carbocycles. The van der Waals surface area contributed by atoms with Crippen LogP contribution in [0.25, 0.3) is 0 Å². The van der Waals surface area contributed by atoms with Crippen molar-refractivity contribution >= 4 is 11.9 Å². The molecule has 0 unspecified atom stereocenters. The van der Waals surface area contributed by atoms with Gasteiger partial charge in [-0.3, -0.25) is 9.59 Å². The number of rotatable bonds is 3. The second kappa shape index (κ2) is 4.44. The van der Waals surface area contributed by atoms with E-state index in [0.29, 0.717) is 0 Å². The van der Waals surface area contributed by atoms with Crippen molar-refractivity contribution in [3.05, 3.63) is 0 Å². The summed E-state index contributed by atoms with van der Waals surface area (Å²) in [7, 11) is 0. The van der Waals surface area contributed by atoms with Gasteiger partial charge in [-0.05, 0) is 32.6 Å². The summed E-state index contributed by atoms with van der Waals surface area (Å²) in [4.78, 5) is 21.4. The third kappa shape index (κ3) is 3.36. The van der Waals surface area contributed by atoms with E-state index in [1.165, 1.54) is 6.42 Å². The average Bonchev–Trinajstić information content (AvgIpc) is 2.02. The summed E-state index contributed by atoms with van der Waals surface area (Å²) in [5.74, 6) is -1.75. The molecular weight excluding hydrogens is 184 g/mol. The van der Waals surface area contributed by atoms with Crippen molar-refractivity contribution in [2.45, 2.75) is 51.0 Å². The third-order valence-corrected chi connectivity index (χ3v) is 2.57. The molecule has 0 aromatic heterocycles. The molecule has 0 heterocycles. The van der Waals surface area contributed by atoms with Gasteiger partial charge in [-0.2, -0.15) is 0 Å². The Morgan fingerprint density at radius 2 is 1.86 bits per heavy atom. The van der Waals surface area contributed by atoms with E-state index in [1.807, 2.05) is 6.92 Å². The number of esters is 1. The van der Waals surface area contributed by atoms with Gasteiger partial charge in [0.15, 0.2) is 0 Å². The number of carboxylic acid groups (broad SMARTS) is 1. The van der Waals surface area contributed by atoms with Crippen molar-refractivity contribution in [3.63, 3.8) is 0 Å². The fourth-order valence-electron chi connectivity index (χ4n) is 1.84. The Hall–Kier alpha value is -1.06. The number of aliphatic carboxylic acids is 1. The maximum absolute atomic E-state index is 11.1. The predicted octanol–water partition coefficient (Wildman–Crippen LogP) is 1.73. The molecule has 1 aliphatic rings. The molecule has 14 heavy (non-hydrogen) atoms. The van der Waals surface area contributed by atoms with Crippen molar-refractivity contribution in [2.75, 3.05) is 0 Å². The molecule has 0 aromatic carbocycles. The molecule has 0 aromatic rings. The number of ether oxygens (including phenoxy) is 1. The maximum Gasteiger partial charge on any atom is 0.317 e. The molecule has 0 bridgehead atoms. The largest absolute Gasteiger partial charge is 0.481 e. The summed E-state index contributed by atoms with van der Waals surface area (Å²) in [6, 6.07) is 0. The minimum Gasteiger partial charge on any atom is -0.481 e. The molecule has 4 heteroatoms. The van der Waals surface area contributed by atoms with E-state index in [-0.39, 0.29) is 0 Å².